The third-order valence-corrected chi connectivity index (χ3v) is 1.99. The van der Waals surface area contributed by atoms with Crippen LogP contribution in [0.1, 0.15) is 15.9 Å². The Kier molecular flexibility index (Phi) is 3.95. The van der Waals surface area contributed by atoms with Gasteiger partial charge in [0.15, 0.2) is 6.29 Å². The van der Waals surface area contributed by atoms with Gasteiger partial charge in [-0.2, -0.15) is 0 Å². The molecule has 74 valence electrons. The first-order valence-corrected chi connectivity index (χ1v) is 4.98. The van der Waals surface area contributed by atoms with Gasteiger partial charge in [-0.3, -0.25) is 4.79 Å². The zero-order chi connectivity index (χ0) is 10.6. The van der Waals surface area contributed by atoms with Crippen LogP contribution in [0.5, 0.6) is 0 Å². The standard InChI is InChI=1S/C10H7BrF2O/c11-3-1-2-7-4-9(12)8(6-14)10(13)5-7/h1-2,4-6H,3H2. The van der Waals surface area contributed by atoms with Gasteiger partial charge in [0, 0.05) is 5.33 Å². The fraction of sp³-hybridized carbons (Fsp3) is 0.100. The van der Waals surface area contributed by atoms with Crippen LogP contribution >= 0.6 is 15.9 Å². The summed E-state index contributed by atoms with van der Waals surface area (Å²) in [6.45, 7) is 0. The first-order valence-electron chi connectivity index (χ1n) is 3.85. The lowest BCUT2D eigenvalue weighted by atomic mass is 10.1. The van der Waals surface area contributed by atoms with Gasteiger partial charge in [-0.1, -0.05) is 28.1 Å². The summed E-state index contributed by atoms with van der Waals surface area (Å²) in [6, 6.07) is 2.23. The summed E-state index contributed by atoms with van der Waals surface area (Å²) in [7, 11) is 0. The number of aldehydes is 1. The number of hydrogen-bond donors (Lipinski definition) is 0. The normalized spacial score (nSPS) is 10.8. The lowest BCUT2D eigenvalue weighted by Gasteiger charge is -1.99. The van der Waals surface area contributed by atoms with Crippen molar-refractivity contribution in [3.05, 3.63) is 41.0 Å². The summed E-state index contributed by atoms with van der Waals surface area (Å²) >= 11 is 3.14. The molecule has 0 saturated heterocycles. The van der Waals surface area contributed by atoms with Gasteiger partial charge in [0.25, 0.3) is 0 Å². The zero-order valence-corrected chi connectivity index (χ0v) is 8.72. The highest BCUT2D eigenvalue weighted by Crippen LogP contribution is 2.14. The molecule has 14 heavy (non-hydrogen) atoms. The second-order valence-electron chi connectivity index (χ2n) is 2.57. The van der Waals surface area contributed by atoms with E-state index in [1.807, 2.05) is 0 Å². The van der Waals surface area contributed by atoms with E-state index in [0.29, 0.717) is 10.9 Å². The van der Waals surface area contributed by atoms with Crippen LogP contribution in [0, 0.1) is 11.6 Å². The fourth-order valence-corrected chi connectivity index (χ4v) is 1.18. The fourth-order valence-electron chi connectivity index (χ4n) is 0.993. The molecular weight excluding hydrogens is 254 g/mol. The van der Waals surface area contributed by atoms with Crippen molar-refractivity contribution in [3.63, 3.8) is 0 Å². The topological polar surface area (TPSA) is 17.1 Å². The number of carbonyl (C=O) groups is 1. The molecule has 0 aliphatic carbocycles. The molecule has 0 amide bonds. The molecule has 0 heterocycles. The van der Waals surface area contributed by atoms with Crippen molar-refractivity contribution in [1.29, 1.82) is 0 Å². The number of rotatable bonds is 3. The molecule has 0 atom stereocenters. The van der Waals surface area contributed by atoms with Crippen LogP contribution in [0.15, 0.2) is 18.2 Å². The van der Waals surface area contributed by atoms with Crippen molar-refractivity contribution in [1.82, 2.24) is 0 Å². The van der Waals surface area contributed by atoms with Crippen LogP contribution in [-0.4, -0.2) is 11.6 Å². The second-order valence-corrected chi connectivity index (χ2v) is 3.22. The summed E-state index contributed by atoms with van der Waals surface area (Å²) in [4.78, 5) is 10.3. The highest BCUT2D eigenvalue weighted by atomic mass is 79.9. The van der Waals surface area contributed by atoms with Crippen molar-refractivity contribution >= 4 is 28.3 Å². The summed E-state index contributed by atoms with van der Waals surface area (Å²) in [5, 5.41) is 0.603. The maximum absolute atomic E-state index is 13.0. The molecule has 1 aromatic carbocycles. The highest BCUT2D eigenvalue weighted by Gasteiger charge is 2.08. The quantitative estimate of drug-likeness (QED) is 0.603. The van der Waals surface area contributed by atoms with Gasteiger partial charge in [0.1, 0.15) is 11.6 Å². The molecule has 0 aliphatic rings. The van der Waals surface area contributed by atoms with Crippen molar-refractivity contribution in [3.8, 4) is 0 Å². The van der Waals surface area contributed by atoms with E-state index in [2.05, 4.69) is 15.9 Å². The molecule has 0 aliphatic heterocycles. The van der Waals surface area contributed by atoms with Gasteiger partial charge in [0.2, 0.25) is 0 Å². The molecule has 0 spiro atoms. The Morgan fingerprint density at radius 2 is 1.86 bits per heavy atom. The minimum absolute atomic E-state index is 0.169. The predicted molar refractivity (Wildman–Crippen MR) is 54.6 cm³/mol. The maximum Gasteiger partial charge on any atom is 0.155 e. The van der Waals surface area contributed by atoms with Gasteiger partial charge < -0.3 is 0 Å². The smallest absolute Gasteiger partial charge is 0.155 e. The predicted octanol–water partition coefficient (Wildman–Crippen LogP) is 3.19. The first-order chi connectivity index (χ1) is 6.69. The number of alkyl halides is 1. The van der Waals surface area contributed by atoms with Crippen molar-refractivity contribution in [2.24, 2.45) is 0 Å². The van der Waals surface area contributed by atoms with Gasteiger partial charge in [-0.15, -0.1) is 0 Å². The van der Waals surface area contributed by atoms with Crippen LogP contribution in [0.3, 0.4) is 0 Å². The number of allylic oxidation sites excluding steroid dienone is 1. The SMILES string of the molecule is O=Cc1c(F)cc(C=CCBr)cc1F. The lowest BCUT2D eigenvalue weighted by Crippen LogP contribution is -1.94. The van der Waals surface area contributed by atoms with Crippen LogP contribution in [-0.2, 0) is 0 Å². The van der Waals surface area contributed by atoms with Crippen molar-refractivity contribution in [2.45, 2.75) is 0 Å². The van der Waals surface area contributed by atoms with E-state index >= 15 is 0 Å². The number of carbonyl (C=O) groups excluding carboxylic acids is 1. The molecule has 1 rings (SSSR count). The average molecular weight is 261 g/mol. The van der Waals surface area contributed by atoms with E-state index in [-0.39, 0.29) is 6.29 Å². The highest BCUT2D eigenvalue weighted by molar-refractivity contribution is 9.09. The van der Waals surface area contributed by atoms with Gasteiger partial charge in [-0.25, -0.2) is 8.78 Å². The van der Waals surface area contributed by atoms with E-state index in [4.69, 9.17) is 0 Å². The summed E-state index contributed by atoms with van der Waals surface area (Å²) in [5.74, 6) is -1.68. The molecule has 4 heteroatoms. The van der Waals surface area contributed by atoms with E-state index in [0.717, 1.165) is 12.1 Å². The Morgan fingerprint density at radius 3 is 2.29 bits per heavy atom. The van der Waals surface area contributed by atoms with Gasteiger partial charge in [-0.05, 0) is 17.7 Å². The van der Waals surface area contributed by atoms with E-state index in [9.17, 15) is 13.6 Å². The largest absolute Gasteiger partial charge is 0.298 e. The molecule has 0 bridgehead atoms. The summed E-state index contributed by atoms with van der Waals surface area (Å²) in [6.07, 6.45) is 3.44. The first kappa shape index (κ1) is 11.0. The Hall–Kier alpha value is -1.03. The molecule has 0 radical (unpaired) electrons. The summed E-state index contributed by atoms with van der Waals surface area (Å²) in [5.41, 5.74) is -0.133. The lowest BCUT2D eigenvalue weighted by molar-refractivity contribution is 0.111. The molecule has 0 saturated carbocycles. The van der Waals surface area contributed by atoms with E-state index in [1.54, 1.807) is 12.2 Å². The van der Waals surface area contributed by atoms with E-state index in [1.165, 1.54) is 0 Å². The number of benzene rings is 1. The minimum atomic E-state index is -0.839. The zero-order valence-electron chi connectivity index (χ0n) is 7.14. The number of hydrogen-bond acceptors (Lipinski definition) is 1. The molecule has 0 N–H and O–H groups in total. The monoisotopic (exact) mass is 260 g/mol. The molecule has 1 nitrogen and oxygen atoms in total. The van der Waals surface area contributed by atoms with E-state index < -0.39 is 17.2 Å². The Balaban J connectivity index is 3.13. The van der Waals surface area contributed by atoms with Crippen LogP contribution in [0.4, 0.5) is 8.78 Å². The molecular formula is C10H7BrF2O. The van der Waals surface area contributed by atoms with Crippen LogP contribution < -0.4 is 0 Å². The van der Waals surface area contributed by atoms with Crippen molar-refractivity contribution in [2.75, 3.05) is 5.33 Å². The molecule has 0 unspecified atom stereocenters. The minimum Gasteiger partial charge on any atom is -0.298 e. The third-order valence-electron chi connectivity index (χ3n) is 1.62. The Bertz CT molecular complexity index is 351. The van der Waals surface area contributed by atoms with Gasteiger partial charge >= 0.3 is 0 Å². The Labute approximate surface area is 88.6 Å². The number of halogens is 3. The molecule has 1 aromatic rings. The maximum atomic E-state index is 13.0. The molecule has 0 aromatic heterocycles. The second kappa shape index (κ2) is 5.00. The molecule has 0 fully saturated rings. The third kappa shape index (κ3) is 2.48. The van der Waals surface area contributed by atoms with Crippen molar-refractivity contribution < 1.29 is 13.6 Å². The van der Waals surface area contributed by atoms with Gasteiger partial charge in [0.05, 0.1) is 5.56 Å². The average Bonchev–Trinajstić information content (AvgIpc) is 2.14. The Morgan fingerprint density at radius 1 is 1.29 bits per heavy atom. The van der Waals surface area contributed by atoms with Crippen LogP contribution in [0.25, 0.3) is 6.08 Å². The van der Waals surface area contributed by atoms with Crippen LogP contribution in [0.2, 0.25) is 0 Å². The summed E-state index contributed by atoms with van der Waals surface area (Å²) < 4.78 is 26.0.